The molecule has 1 aromatic rings. The molecule has 0 aliphatic carbocycles. The molecule has 5 heteroatoms. The fraction of sp³-hybridized carbons (Fsp3) is 0.467. The molecule has 0 bridgehead atoms. The van der Waals surface area contributed by atoms with Crippen molar-refractivity contribution in [2.24, 2.45) is 5.92 Å². The van der Waals surface area contributed by atoms with Gasteiger partial charge in [0.1, 0.15) is 0 Å². The molecule has 1 atom stereocenters. The van der Waals surface area contributed by atoms with Gasteiger partial charge in [-0.25, -0.2) is 4.79 Å². The van der Waals surface area contributed by atoms with Gasteiger partial charge in [-0.1, -0.05) is 26.0 Å². The molecule has 0 aliphatic heterocycles. The van der Waals surface area contributed by atoms with Crippen molar-refractivity contribution in [2.75, 3.05) is 6.54 Å². The molecule has 0 saturated heterocycles. The number of carbonyl (C=O) groups excluding carboxylic acids is 1. The Labute approximate surface area is 118 Å². The van der Waals surface area contributed by atoms with Crippen LogP contribution in [0.5, 0.6) is 0 Å². The van der Waals surface area contributed by atoms with Crippen molar-refractivity contribution in [3.05, 3.63) is 35.4 Å². The van der Waals surface area contributed by atoms with Crippen LogP contribution in [0, 0.1) is 5.92 Å². The number of rotatable bonds is 6. The second-order valence-corrected chi connectivity index (χ2v) is 5.47. The molecule has 110 valence electrons. The summed E-state index contributed by atoms with van der Waals surface area (Å²) in [6.07, 6.45) is 0.0926. The second-order valence-electron chi connectivity index (χ2n) is 5.47. The Bertz CT molecular complexity index is 494. The number of aromatic carboxylic acids is 1. The van der Waals surface area contributed by atoms with E-state index in [1.807, 2.05) is 13.8 Å². The fourth-order valence-corrected chi connectivity index (χ4v) is 1.54. The number of carboxylic acids is 1. The van der Waals surface area contributed by atoms with E-state index in [1.165, 1.54) is 12.1 Å². The molecular formula is C15H21NO4. The zero-order valence-corrected chi connectivity index (χ0v) is 12.0. The van der Waals surface area contributed by atoms with Gasteiger partial charge in [0.05, 0.1) is 17.6 Å². The lowest BCUT2D eigenvalue weighted by Crippen LogP contribution is -2.44. The van der Waals surface area contributed by atoms with Crippen LogP contribution in [-0.2, 0) is 11.2 Å². The molecule has 0 heterocycles. The van der Waals surface area contributed by atoms with E-state index in [0.29, 0.717) is 5.56 Å². The quantitative estimate of drug-likeness (QED) is 0.735. The van der Waals surface area contributed by atoms with Gasteiger partial charge < -0.3 is 15.5 Å². The molecule has 0 saturated carbocycles. The summed E-state index contributed by atoms with van der Waals surface area (Å²) in [5.74, 6) is -1.23. The van der Waals surface area contributed by atoms with Gasteiger partial charge in [0.15, 0.2) is 0 Å². The van der Waals surface area contributed by atoms with Crippen LogP contribution in [0.4, 0.5) is 0 Å². The van der Waals surface area contributed by atoms with Crippen LogP contribution in [0.1, 0.15) is 36.7 Å². The van der Waals surface area contributed by atoms with Gasteiger partial charge in [0.2, 0.25) is 5.91 Å². The van der Waals surface area contributed by atoms with Gasteiger partial charge in [-0.3, -0.25) is 4.79 Å². The number of aliphatic hydroxyl groups is 1. The molecule has 0 fully saturated rings. The van der Waals surface area contributed by atoms with Gasteiger partial charge in [0.25, 0.3) is 0 Å². The maximum atomic E-state index is 11.8. The molecule has 0 aromatic heterocycles. The van der Waals surface area contributed by atoms with Gasteiger partial charge in [-0.2, -0.15) is 0 Å². The van der Waals surface area contributed by atoms with E-state index < -0.39 is 11.6 Å². The van der Waals surface area contributed by atoms with Gasteiger partial charge in [0, 0.05) is 6.54 Å². The van der Waals surface area contributed by atoms with Gasteiger partial charge in [-0.15, -0.1) is 0 Å². The van der Waals surface area contributed by atoms with Crippen LogP contribution in [0.2, 0.25) is 0 Å². The first-order chi connectivity index (χ1) is 9.22. The van der Waals surface area contributed by atoms with E-state index in [2.05, 4.69) is 5.32 Å². The summed E-state index contributed by atoms with van der Waals surface area (Å²) in [6.45, 7) is 5.59. The highest BCUT2D eigenvalue weighted by Gasteiger charge is 2.25. The van der Waals surface area contributed by atoms with Crippen LogP contribution in [-0.4, -0.2) is 34.2 Å². The van der Waals surface area contributed by atoms with Crippen LogP contribution in [0.25, 0.3) is 0 Å². The first-order valence-corrected chi connectivity index (χ1v) is 6.53. The zero-order chi connectivity index (χ0) is 15.3. The van der Waals surface area contributed by atoms with Crippen molar-refractivity contribution >= 4 is 11.9 Å². The number of benzene rings is 1. The maximum absolute atomic E-state index is 11.8. The summed E-state index contributed by atoms with van der Waals surface area (Å²) in [6, 6.07) is 6.26. The predicted octanol–water partition coefficient (Wildman–Crippen LogP) is 1.45. The highest BCUT2D eigenvalue weighted by atomic mass is 16.4. The van der Waals surface area contributed by atoms with Crippen molar-refractivity contribution in [1.82, 2.24) is 5.32 Å². The minimum absolute atomic E-state index is 0.0261. The molecule has 3 N–H and O–H groups in total. The Balaban J connectivity index is 2.59. The first-order valence-electron chi connectivity index (χ1n) is 6.53. The molecular weight excluding hydrogens is 258 g/mol. The van der Waals surface area contributed by atoms with Crippen LogP contribution >= 0.6 is 0 Å². The Morgan fingerprint density at radius 3 is 2.55 bits per heavy atom. The smallest absolute Gasteiger partial charge is 0.335 e. The number of carbonyl (C=O) groups is 2. The number of nitrogens with one attached hydrogen (secondary N) is 1. The molecule has 0 spiro atoms. The van der Waals surface area contributed by atoms with Crippen molar-refractivity contribution in [3.8, 4) is 0 Å². The molecule has 1 unspecified atom stereocenters. The summed E-state index contributed by atoms with van der Waals surface area (Å²) >= 11 is 0. The van der Waals surface area contributed by atoms with Crippen molar-refractivity contribution in [1.29, 1.82) is 0 Å². The number of hydrogen-bond donors (Lipinski definition) is 3. The monoisotopic (exact) mass is 279 g/mol. The molecule has 0 radical (unpaired) electrons. The molecule has 5 nitrogen and oxygen atoms in total. The van der Waals surface area contributed by atoms with Crippen LogP contribution in [0.15, 0.2) is 24.3 Å². The van der Waals surface area contributed by atoms with Crippen LogP contribution in [0.3, 0.4) is 0 Å². The molecule has 1 amide bonds. The van der Waals surface area contributed by atoms with Crippen molar-refractivity contribution in [2.45, 2.75) is 32.8 Å². The average Bonchev–Trinajstić information content (AvgIpc) is 2.36. The third-order valence-corrected chi connectivity index (χ3v) is 3.43. The second kappa shape index (κ2) is 6.52. The zero-order valence-electron chi connectivity index (χ0n) is 12.0. The predicted molar refractivity (Wildman–Crippen MR) is 75.6 cm³/mol. The van der Waals surface area contributed by atoms with Crippen molar-refractivity contribution < 1.29 is 19.8 Å². The van der Waals surface area contributed by atoms with E-state index in [9.17, 15) is 14.7 Å². The van der Waals surface area contributed by atoms with Crippen molar-refractivity contribution in [3.63, 3.8) is 0 Å². The minimum Gasteiger partial charge on any atom is -0.478 e. The van der Waals surface area contributed by atoms with E-state index in [1.54, 1.807) is 19.1 Å². The summed E-state index contributed by atoms with van der Waals surface area (Å²) in [5, 5.41) is 21.6. The summed E-state index contributed by atoms with van der Waals surface area (Å²) < 4.78 is 0. The number of hydrogen-bond acceptors (Lipinski definition) is 3. The lowest BCUT2D eigenvalue weighted by Gasteiger charge is -2.27. The number of amides is 1. The fourth-order valence-electron chi connectivity index (χ4n) is 1.54. The summed E-state index contributed by atoms with van der Waals surface area (Å²) in [4.78, 5) is 22.6. The summed E-state index contributed by atoms with van der Waals surface area (Å²) in [5.41, 5.74) is -0.172. The van der Waals surface area contributed by atoms with E-state index in [0.717, 1.165) is 0 Å². The molecule has 1 aromatic carbocycles. The normalized spacial score (nSPS) is 13.8. The molecule has 0 aliphatic rings. The Morgan fingerprint density at radius 1 is 1.35 bits per heavy atom. The average molecular weight is 279 g/mol. The van der Waals surface area contributed by atoms with Gasteiger partial charge in [-0.05, 0) is 30.5 Å². The third-order valence-electron chi connectivity index (χ3n) is 3.43. The highest BCUT2D eigenvalue weighted by Crippen LogP contribution is 2.14. The minimum atomic E-state index is -1.02. The lowest BCUT2D eigenvalue weighted by molar-refractivity contribution is -0.122. The van der Waals surface area contributed by atoms with E-state index in [-0.39, 0.29) is 30.4 Å². The molecule has 1 rings (SSSR count). The van der Waals surface area contributed by atoms with E-state index >= 15 is 0 Å². The SMILES string of the molecule is CC(C)C(C)(O)CNC(=O)Cc1cccc(C(=O)O)c1. The Kier molecular flexibility index (Phi) is 5.27. The summed E-state index contributed by atoms with van der Waals surface area (Å²) in [7, 11) is 0. The molecule has 20 heavy (non-hydrogen) atoms. The first kappa shape index (κ1) is 16.2. The van der Waals surface area contributed by atoms with Gasteiger partial charge >= 0.3 is 5.97 Å². The van der Waals surface area contributed by atoms with E-state index in [4.69, 9.17) is 5.11 Å². The highest BCUT2D eigenvalue weighted by molar-refractivity contribution is 5.88. The third kappa shape index (κ3) is 4.66. The lowest BCUT2D eigenvalue weighted by atomic mass is 9.92. The largest absolute Gasteiger partial charge is 0.478 e. The standard InChI is InChI=1S/C15H21NO4/c1-10(2)15(3,20)9-16-13(17)8-11-5-4-6-12(7-11)14(18)19/h4-7,10,20H,8-9H2,1-3H3,(H,16,17)(H,18,19). The van der Waals surface area contributed by atoms with Crippen LogP contribution < -0.4 is 5.32 Å². The Morgan fingerprint density at radius 2 is 2.00 bits per heavy atom. The Hall–Kier alpha value is -1.88. The topological polar surface area (TPSA) is 86.6 Å². The number of carboxylic acid groups (broad SMARTS) is 1. The maximum Gasteiger partial charge on any atom is 0.335 e.